The highest BCUT2D eigenvalue weighted by atomic mass is 16.5. The molecule has 0 atom stereocenters. The van der Waals surface area contributed by atoms with E-state index < -0.39 is 0 Å². The molecule has 0 amide bonds. The van der Waals surface area contributed by atoms with E-state index in [-0.39, 0.29) is 0 Å². The molecule has 0 fully saturated rings. The quantitative estimate of drug-likeness (QED) is 0.377. The minimum Gasteiger partial charge on any atom is -0.489 e. The Kier molecular flexibility index (Phi) is 5.29. The average Bonchev–Trinajstić information content (AvgIpc) is 3.51. The Hall–Kier alpha value is -4.79. The molecule has 0 spiro atoms. The van der Waals surface area contributed by atoms with Crippen LogP contribution in [0.4, 0.5) is 5.82 Å². The van der Waals surface area contributed by atoms with Crippen molar-refractivity contribution in [1.82, 2.24) is 34.3 Å². The van der Waals surface area contributed by atoms with Gasteiger partial charge in [0.05, 0.1) is 28.5 Å². The molecular formula is C27H24N8O. The Morgan fingerprint density at radius 2 is 1.92 bits per heavy atom. The van der Waals surface area contributed by atoms with Crippen molar-refractivity contribution in [1.29, 1.82) is 0 Å². The average molecular weight is 477 g/mol. The maximum absolute atomic E-state index is 6.25. The maximum atomic E-state index is 6.25. The van der Waals surface area contributed by atoms with Gasteiger partial charge in [-0.05, 0) is 36.8 Å². The first-order valence-electron chi connectivity index (χ1n) is 11.7. The number of aromatic nitrogens is 7. The molecule has 36 heavy (non-hydrogen) atoms. The zero-order valence-electron chi connectivity index (χ0n) is 20.0. The normalized spacial score (nSPS) is 11.4. The van der Waals surface area contributed by atoms with Crippen LogP contribution in [0.15, 0.2) is 73.6 Å². The summed E-state index contributed by atoms with van der Waals surface area (Å²) in [5.74, 6) is 1.17. The highest BCUT2D eigenvalue weighted by Gasteiger charge is 2.18. The van der Waals surface area contributed by atoms with Crippen LogP contribution in [0.1, 0.15) is 18.2 Å². The molecule has 1 aromatic carbocycles. The Bertz CT molecular complexity index is 1720. The summed E-state index contributed by atoms with van der Waals surface area (Å²) in [7, 11) is 1.88. The topological polar surface area (TPSA) is 110 Å². The van der Waals surface area contributed by atoms with Gasteiger partial charge < -0.3 is 10.5 Å². The molecular weight excluding hydrogens is 452 g/mol. The van der Waals surface area contributed by atoms with Gasteiger partial charge in [0.15, 0.2) is 5.65 Å². The number of fused-ring (bicyclic) bond motifs is 2. The van der Waals surface area contributed by atoms with Crippen LogP contribution < -0.4 is 10.5 Å². The van der Waals surface area contributed by atoms with Crippen LogP contribution in [-0.2, 0) is 20.1 Å². The number of rotatable bonds is 6. The van der Waals surface area contributed by atoms with Gasteiger partial charge in [0.25, 0.3) is 0 Å². The van der Waals surface area contributed by atoms with E-state index in [2.05, 4.69) is 39.1 Å². The van der Waals surface area contributed by atoms with Gasteiger partial charge in [-0.3, -0.25) is 19.2 Å². The second kappa shape index (κ2) is 8.77. The van der Waals surface area contributed by atoms with Gasteiger partial charge >= 0.3 is 0 Å². The van der Waals surface area contributed by atoms with Gasteiger partial charge in [-0.2, -0.15) is 5.10 Å². The second-order valence-electron chi connectivity index (χ2n) is 8.60. The van der Waals surface area contributed by atoms with Crippen molar-refractivity contribution in [2.45, 2.75) is 20.0 Å². The lowest BCUT2D eigenvalue weighted by Gasteiger charge is -2.10. The van der Waals surface area contributed by atoms with Crippen molar-refractivity contribution in [3.8, 4) is 22.7 Å². The van der Waals surface area contributed by atoms with Gasteiger partial charge in [-0.25, -0.2) is 9.97 Å². The SMILES string of the molecule is CCc1ccc2ccc(OCc3cncc(-n4cc(-c5ccn(C)n5)c5c(N)ncnc54)c3)cc2n1. The number of ether oxygens (including phenoxy) is 1. The first-order chi connectivity index (χ1) is 17.6. The summed E-state index contributed by atoms with van der Waals surface area (Å²) in [6, 6.07) is 14.1. The van der Waals surface area contributed by atoms with Crippen molar-refractivity contribution >= 4 is 27.8 Å². The van der Waals surface area contributed by atoms with E-state index in [4.69, 9.17) is 15.5 Å². The van der Waals surface area contributed by atoms with Crippen molar-refractivity contribution in [3.63, 3.8) is 0 Å². The predicted octanol–water partition coefficient (Wildman–Crippen LogP) is 4.49. The molecule has 0 aliphatic carbocycles. The van der Waals surface area contributed by atoms with E-state index in [0.29, 0.717) is 18.1 Å². The molecule has 0 saturated heterocycles. The molecule has 5 heterocycles. The summed E-state index contributed by atoms with van der Waals surface area (Å²) < 4.78 is 9.81. The lowest BCUT2D eigenvalue weighted by Crippen LogP contribution is -2.01. The van der Waals surface area contributed by atoms with Crippen molar-refractivity contribution in [2.24, 2.45) is 7.05 Å². The molecule has 6 aromatic rings. The van der Waals surface area contributed by atoms with E-state index in [1.165, 1.54) is 6.33 Å². The van der Waals surface area contributed by atoms with Crippen molar-refractivity contribution in [3.05, 3.63) is 84.8 Å². The first kappa shape index (κ1) is 21.7. The van der Waals surface area contributed by atoms with Gasteiger partial charge in [0.1, 0.15) is 24.5 Å². The van der Waals surface area contributed by atoms with Crippen molar-refractivity contribution in [2.75, 3.05) is 5.73 Å². The molecule has 0 saturated carbocycles. The molecule has 0 unspecified atom stereocenters. The number of anilines is 1. The molecule has 2 N–H and O–H groups in total. The van der Waals surface area contributed by atoms with E-state index >= 15 is 0 Å². The number of pyridine rings is 2. The zero-order chi connectivity index (χ0) is 24.6. The van der Waals surface area contributed by atoms with Gasteiger partial charge in [-0.1, -0.05) is 13.0 Å². The number of nitrogen functional groups attached to an aromatic ring is 1. The highest BCUT2D eigenvalue weighted by molar-refractivity contribution is 6.00. The number of hydrogen-bond donors (Lipinski definition) is 1. The second-order valence-corrected chi connectivity index (χ2v) is 8.60. The minimum absolute atomic E-state index is 0.364. The minimum atomic E-state index is 0.364. The van der Waals surface area contributed by atoms with E-state index in [9.17, 15) is 0 Å². The summed E-state index contributed by atoms with van der Waals surface area (Å²) in [6.45, 7) is 2.46. The summed E-state index contributed by atoms with van der Waals surface area (Å²) in [5.41, 5.74) is 12.4. The van der Waals surface area contributed by atoms with Gasteiger partial charge in [0, 0.05) is 53.9 Å². The number of nitrogens with two attached hydrogens (primary N) is 1. The molecule has 9 nitrogen and oxygen atoms in total. The third-order valence-corrected chi connectivity index (χ3v) is 6.15. The molecule has 0 aliphatic rings. The van der Waals surface area contributed by atoms with Crippen LogP contribution in [0.2, 0.25) is 0 Å². The molecule has 0 radical (unpaired) electrons. The predicted molar refractivity (Wildman–Crippen MR) is 139 cm³/mol. The van der Waals surface area contributed by atoms with E-state index in [1.54, 1.807) is 17.1 Å². The zero-order valence-corrected chi connectivity index (χ0v) is 20.0. The van der Waals surface area contributed by atoms with E-state index in [0.717, 1.165) is 56.7 Å². The van der Waals surface area contributed by atoms with Crippen LogP contribution in [0, 0.1) is 0 Å². The van der Waals surface area contributed by atoms with Crippen LogP contribution in [-0.4, -0.2) is 34.3 Å². The Morgan fingerprint density at radius 3 is 2.75 bits per heavy atom. The van der Waals surface area contributed by atoms with Crippen LogP contribution in [0.5, 0.6) is 5.75 Å². The smallest absolute Gasteiger partial charge is 0.150 e. The fourth-order valence-corrected chi connectivity index (χ4v) is 4.31. The fraction of sp³-hybridized carbons (Fsp3) is 0.148. The lowest BCUT2D eigenvalue weighted by molar-refractivity contribution is 0.306. The van der Waals surface area contributed by atoms with E-state index in [1.807, 2.05) is 54.3 Å². The van der Waals surface area contributed by atoms with Crippen molar-refractivity contribution < 1.29 is 4.74 Å². The number of hydrogen-bond acceptors (Lipinski definition) is 7. The molecule has 0 bridgehead atoms. The summed E-state index contributed by atoms with van der Waals surface area (Å²) >= 11 is 0. The largest absolute Gasteiger partial charge is 0.489 e. The fourth-order valence-electron chi connectivity index (χ4n) is 4.31. The summed E-state index contributed by atoms with van der Waals surface area (Å²) in [6.07, 6.45) is 9.81. The van der Waals surface area contributed by atoms with Gasteiger partial charge in [-0.15, -0.1) is 0 Å². The summed E-state index contributed by atoms with van der Waals surface area (Å²) in [5, 5.41) is 6.39. The molecule has 9 heteroatoms. The van der Waals surface area contributed by atoms with Crippen LogP contribution in [0.25, 0.3) is 38.9 Å². The highest BCUT2D eigenvalue weighted by Crippen LogP contribution is 2.33. The monoisotopic (exact) mass is 476 g/mol. The Labute approximate surface area is 207 Å². The summed E-state index contributed by atoms with van der Waals surface area (Å²) in [4.78, 5) is 17.9. The Morgan fingerprint density at radius 1 is 1.03 bits per heavy atom. The van der Waals surface area contributed by atoms with Gasteiger partial charge in [0.2, 0.25) is 0 Å². The van der Waals surface area contributed by atoms with Crippen LogP contribution >= 0.6 is 0 Å². The standard InChI is InChI=1S/C27H24N8O/c1-3-19-6-4-18-5-7-21(11-24(18)32-19)36-15-17-10-20(13-29-12-17)35-14-22(23-8-9-34(2)33-23)25-26(28)30-16-31-27(25)35/h4-14,16H,3,15H2,1-2H3,(H2,28,30,31). The third-order valence-electron chi connectivity index (χ3n) is 6.15. The number of aryl methyl sites for hydroxylation is 2. The molecule has 0 aliphatic heterocycles. The third kappa shape index (κ3) is 3.90. The molecule has 178 valence electrons. The Balaban J connectivity index is 1.32. The van der Waals surface area contributed by atoms with Crippen LogP contribution in [0.3, 0.4) is 0 Å². The maximum Gasteiger partial charge on any atom is 0.150 e. The molecule has 5 aromatic heterocycles. The lowest BCUT2D eigenvalue weighted by atomic mass is 10.2. The number of benzene rings is 1. The number of nitrogens with zero attached hydrogens (tertiary/aromatic N) is 7. The molecule has 6 rings (SSSR count). The first-order valence-corrected chi connectivity index (χ1v) is 11.7.